The number of carbonyl (C=O) groups excluding carboxylic acids is 1. The van der Waals surface area contributed by atoms with Gasteiger partial charge in [-0.2, -0.15) is 0 Å². The summed E-state index contributed by atoms with van der Waals surface area (Å²) in [5.74, 6) is 0.0895. The highest BCUT2D eigenvalue weighted by atomic mass is 32.1. The first kappa shape index (κ1) is 14.4. The smallest absolute Gasteiger partial charge is 0.229 e. The van der Waals surface area contributed by atoms with Crippen LogP contribution < -0.4 is 11.1 Å². The lowest BCUT2D eigenvalue weighted by molar-refractivity contribution is -0.119. The van der Waals surface area contributed by atoms with E-state index in [1.165, 1.54) is 24.2 Å². The summed E-state index contributed by atoms with van der Waals surface area (Å²) in [6.45, 7) is 2.18. The number of unbranched alkanes of at least 4 members (excludes halogenated alkanes) is 2. The van der Waals surface area contributed by atoms with Gasteiger partial charge in [-0.05, 0) is 25.7 Å². The fourth-order valence-electron chi connectivity index (χ4n) is 2.39. The topological polar surface area (TPSA) is 80.9 Å². The molecule has 0 spiro atoms. The van der Waals surface area contributed by atoms with E-state index < -0.39 is 0 Å². The van der Waals surface area contributed by atoms with Gasteiger partial charge in [-0.3, -0.25) is 4.79 Å². The Balaban J connectivity index is 1.80. The van der Waals surface area contributed by atoms with E-state index in [1.807, 2.05) is 0 Å². The quantitative estimate of drug-likeness (QED) is 0.785. The van der Waals surface area contributed by atoms with Crippen LogP contribution in [0.1, 0.15) is 50.5 Å². The van der Waals surface area contributed by atoms with Gasteiger partial charge >= 0.3 is 0 Å². The van der Waals surface area contributed by atoms with E-state index in [-0.39, 0.29) is 17.9 Å². The molecule has 0 aliphatic heterocycles. The Kier molecular flexibility index (Phi) is 5.27. The molecule has 0 saturated heterocycles. The summed E-state index contributed by atoms with van der Waals surface area (Å²) in [6, 6.07) is 0.176. The molecule has 6 heteroatoms. The van der Waals surface area contributed by atoms with Crippen LogP contribution in [0.5, 0.6) is 0 Å². The van der Waals surface area contributed by atoms with Crippen LogP contribution in [0.3, 0.4) is 0 Å². The lowest BCUT2D eigenvalue weighted by Crippen LogP contribution is -2.23. The number of aryl methyl sites for hydroxylation is 1. The minimum absolute atomic E-state index is 0.0439. The lowest BCUT2D eigenvalue weighted by Gasteiger charge is -2.07. The maximum absolute atomic E-state index is 12.0. The average molecular weight is 282 g/mol. The molecule has 5 nitrogen and oxygen atoms in total. The van der Waals surface area contributed by atoms with Crippen molar-refractivity contribution in [2.45, 2.75) is 57.9 Å². The van der Waals surface area contributed by atoms with E-state index in [2.05, 4.69) is 22.4 Å². The number of aromatic nitrogens is 2. The van der Waals surface area contributed by atoms with Crippen molar-refractivity contribution in [3.8, 4) is 0 Å². The molecule has 1 aromatic rings. The van der Waals surface area contributed by atoms with Gasteiger partial charge in [0.1, 0.15) is 5.01 Å². The number of hydrogen-bond donors (Lipinski definition) is 2. The van der Waals surface area contributed by atoms with Crippen molar-refractivity contribution in [2.24, 2.45) is 11.7 Å². The first-order chi connectivity index (χ1) is 9.19. The number of anilines is 1. The molecule has 1 saturated carbocycles. The molecule has 1 heterocycles. The zero-order chi connectivity index (χ0) is 13.7. The van der Waals surface area contributed by atoms with Gasteiger partial charge in [0.2, 0.25) is 11.0 Å². The second-order valence-corrected chi connectivity index (χ2v) is 6.28. The summed E-state index contributed by atoms with van der Waals surface area (Å²) in [5, 5.41) is 12.6. The summed E-state index contributed by atoms with van der Waals surface area (Å²) in [4.78, 5) is 12.0. The van der Waals surface area contributed by atoms with E-state index >= 15 is 0 Å². The Hall–Kier alpha value is -1.01. The van der Waals surface area contributed by atoms with Gasteiger partial charge in [0, 0.05) is 18.4 Å². The molecule has 2 rings (SSSR count). The predicted molar refractivity (Wildman–Crippen MR) is 77.1 cm³/mol. The average Bonchev–Trinajstić information content (AvgIpc) is 2.99. The molecule has 0 bridgehead atoms. The standard InChI is InChI=1S/C13H22N4OS/c1-2-3-4-5-11-16-17-13(19-11)15-12(18)9-6-7-10(14)8-9/h9-10H,2-8,14H2,1H3,(H,15,17,18). The first-order valence-electron chi connectivity index (χ1n) is 7.08. The van der Waals surface area contributed by atoms with Crippen LogP contribution >= 0.6 is 11.3 Å². The predicted octanol–water partition coefficient (Wildman–Crippen LogP) is 2.34. The van der Waals surface area contributed by atoms with Crippen molar-refractivity contribution in [3.05, 3.63) is 5.01 Å². The molecule has 106 valence electrons. The maximum atomic E-state index is 12.0. The minimum Gasteiger partial charge on any atom is -0.328 e. The summed E-state index contributed by atoms with van der Waals surface area (Å²) in [6.07, 6.45) is 7.11. The highest BCUT2D eigenvalue weighted by Gasteiger charge is 2.28. The van der Waals surface area contributed by atoms with Crippen LogP contribution in [0.15, 0.2) is 0 Å². The fourth-order valence-corrected chi connectivity index (χ4v) is 3.18. The molecular formula is C13H22N4OS. The van der Waals surface area contributed by atoms with Gasteiger partial charge in [0.25, 0.3) is 0 Å². The van der Waals surface area contributed by atoms with Gasteiger partial charge < -0.3 is 11.1 Å². The minimum atomic E-state index is 0.0439. The molecular weight excluding hydrogens is 260 g/mol. The molecule has 19 heavy (non-hydrogen) atoms. The van der Waals surface area contributed by atoms with Crippen molar-refractivity contribution in [1.82, 2.24) is 10.2 Å². The van der Waals surface area contributed by atoms with Crippen molar-refractivity contribution >= 4 is 22.4 Å². The van der Waals surface area contributed by atoms with Crippen LogP contribution in [-0.2, 0) is 11.2 Å². The second-order valence-electron chi connectivity index (χ2n) is 5.22. The Morgan fingerprint density at radius 2 is 2.26 bits per heavy atom. The third-order valence-corrected chi connectivity index (χ3v) is 4.43. The summed E-state index contributed by atoms with van der Waals surface area (Å²) < 4.78 is 0. The number of hydrogen-bond acceptors (Lipinski definition) is 5. The molecule has 1 aromatic heterocycles. The third kappa shape index (κ3) is 4.24. The number of nitrogens with two attached hydrogens (primary N) is 1. The molecule has 1 aliphatic carbocycles. The monoisotopic (exact) mass is 282 g/mol. The van der Waals surface area contributed by atoms with Crippen LogP contribution in [-0.4, -0.2) is 22.1 Å². The zero-order valence-electron chi connectivity index (χ0n) is 11.4. The maximum Gasteiger partial charge on any atom is 0.229 e. The van der Waals surface area contributed by atoms with E-state index in [0.29, 0.717) is 5.13 Å². The lowest BCUT2D eigenvalue weighted by atomic mass is 10.1. The van der Waals surface area contributed by atoms with Crippen LogP contribution in [0, 0.1) is 5.92 Å². The molecule has 1 amide bonds. The van der Waals surface area contributed by atoms with Crippen LogP contribution in [0.4, 0.5) is 5.13 Å². The van der Waals surface area contributed by atoms with Crippen molar-refractivity contribution < 1.29 is 4.79 Å². The van der Waals surface area contributed by atoms with E-state index in [9.17, 15) is 4.79 Å². The van der Waals surface area contributed by atoms with Gasteiger partial charge in [-0.1, -0.05) is 31.1 Å². The van der Waals surface area contributed by atoms with Crippen molar-refractivity contribution in [3.63, 3.8) is 0 Å². The number of nitrogens with one attached hydrogen (secondary N) is 1. The number of nitrogens with zero attached hydrogens (tertiary/aromatic N) is 2. The van der Waals surface area contributed by atoms with E-state index in [0.717, 1.165) is 37.1 Å². The molecule has 2 atom stereocenters. The SMILES string of the molecule is CCCCCc1nnc(NC(=O)C2CCC(N)C2)s1. The summed E-state index contributed by atoms with van der Waals surface area (Å²) in [7, 11) is 0. The summed E-state index contributed by atoms with van der Waals surface area (Å²) in [5.41, 5.74) is 5.82. The molecule has 0 aromatic carbocycles. The van der Waals surface area contributed by atoms with E-state index in [1.54, 1.807) is 0 Å². The Labute approximate surface area is 118 Å². The Morgan fingerprint density at radius 3 is 2.95 bits per heavy atom. The molecule has 0 radical (unpaired) electrons. The molecule has 2 unspecified atom stereocenters. The fraction of sp³-hybridized carbons (Fsp3) is 0.769. The third-order valence-electron chi connectivity index (χ3n) is 3.54. The van der Waals surface area contributed by atoms with Crippen molar-refractivity contribution in [1.29, 1.82) is 0 Å². The van der Waals surface area contributed by atoms with Gasteiger partial charge in [0.15, 0.2) is 0 Å². The van der Waals surface area contributed by atoms with Gasteiger partial charge in [-0.15, -0.1) is 10.2 Å². The number of rotatable bonds is 6. The van der Waals surface area contributed by atoms with Gasteiger partial charge in [-0.25, -0.2) is 0 Å². The van der Waals surface area contributed by atoms with Crippen molar-refractivity contribution in [2.75, 3.05) is 5.32 Å². The first-order valence-corrected chi connectivity index (χ1v) is 7.89. The molecule has 1 fully saturated rings. The highest BCUT2D eigenvalue weighted by molar-refractivity contribution is 7.15. The highest BCUT2D eigenvalue weighted by Crippen LogP contribution is 2.26. The number of amides is 1. The summed E-state index contributed by atoms with van der Waals surface area (Å²) >= 11 is 1.49. The zero-order valence-corrected chi connectivity index (χ0v) is 12.2. The van der Waals surface area contributed by atoms with E-state index in [4.69, 9.17) is 5.73 Å². The second kappa shape index (κ2) is 6.96. The largest absolute Gasteiger partial charge is 0.328 e. The molecule has 1 aliphatic rings. The Bertz CT molecular complexity index is 421. The molecule has 3 N–H and O–H groups in total. The van der Waals surface area contributed by atoms with Gasteiger partial charge in [0.05, 0.1) is 0 Å². The number of carbonyl (C=O) groups is 1. The normalized spacial score (nSPS) is 22.6. The Morgan fingerprint density at radius 1 is 1.42 bits per heavy atom. The van der Waals surface area contributed by atoms with Crippen LogP contribution in [0.2, 0.25) is 0 Å². The van der Waals surface area contributed by atoms with Crippen LogP contribution in [0.25, 0.3) is 0 Å².